The zero-order chi connectivity index (χ0) is 12.7. The van der Waals surface area contributed by atoms with Gasteiger partial charge >= 0.3 is 0 Å². The summed E-state index contributed by atoms with van der Waals surface area (Å²) in [7, 11) is 1.83. The van der Waals surface area contributed by atoms with Gasteiger partial charge in [0.05, 0.1) is 6.54 Å². The molecule has 0 heterocycles. The van der Waals surface area contributed by atoms with Crippen LogP contribution in [-0.4, -0.2) is 37.0 Å². The molecule has 0 aromatic heterocycles. The predicted octanol–water partition coefficient (Wildman–Crippen LogP) is 1.69. The van der Waals surface area contributed by atoms with E-state index in [0.717, 1.165) is 13.0 Å². The third-order valence-corrected chi connectivity index (χ3v) is 2.89. The van der Waals surface area contributed by atoms with Crippen molar-refractivity contribution in [1.82, 2.24) is 10.2 Å². The fraction of sp³-hybridized carbons (Fsp3) is 0.500. The van der Waals surface area contributed by atoms with Crippen LogP contribution >= 0.6 is 0 Å². The number of likely N-dealkylation sites (N-methyl/N-ethyl adjacent to an activating group) is 1. The average Bonchev–Trinajstić information content (AvgIpc) is 2.36. The van der Waals surface area contributed by atoms with Crippen LogP contribution < -0.4 is 5.32 Å². The first kappa shape index (κ1) is 13.7. The second-order valence-corrected chi connectivity index (χ2v) is 4.38. The molecule has 0 bridgehead atoms. The van der Waals surface area contributed by atoms with Gasteiger partial charge in [0.15, 0.2) is 0 Å². The van der Waals surface area contributed by atoms with E-state index in [1.807, 2.05) is 32.2 Å². The van der Waals surface area contributed by atoms with Crippen molar-refractivity contribution >= 4 is 5.91 Å². The minimum Gasteiger partial charge on any atom is -0.345 e. The highest BCUT2D eigenvalue weighted by molar-refractivity contribution is 5.77. The Labute approximate surface area is 104 Å². The second kappa shape index (κ2) is 7.07. The molecule has 94 valence electrons. The lowest BCUT2D eigenvalue weighted by molar-refractivity contribution is -0.128. The van der Waals surface area contributed by atoms with Gasteiger partial charge in [0, 0.05) is 19.6 Å². The lowest BCUT2D eigenvalue weighted by atomic mass is 10.1. The summed E-state index contributed by atoms with van der Waals surface area (Å²) in [4.78, 5) is 13.3. The molecule has 1 atom stereocenters. The molecule has 0 saturated carbocycles. The summed E-state index contributed by atoms with van der Waals surface area (Å²) in [6.07, 6.45) is 0.948. The molecule has 1 rings (SSSR count). The second-order valence-electron chi connectivity index (χ2n) is 4.38. The Morgan fingerprint density at radius 1 is 1.35 bits per heavy atom. The Morgan fingerprint density at radius 2 is 2.00 bits per heavy atom. The summed E-state index contributed by atoms with van der Waals surface area (Å²) >= 11 is 0. The van der Waals surface area contributed by atoms with Crippen LogP contribution in [0.1, 0.15) is 19.4 Å². The molecule has 0 spiro atoms. The van der Waals surface area contributed by atoms with Gasteiger partial charge in [-0.25, -0.2) is 0 Å². The Kier molecular flexibility index (Phi) is 5.70. The summed E-state index contributed by atoms with van der Waals surface area (Å²) in [5.74, 6) is 0.146. The summed E-state index contributed by atoms with van der Waals surface area (Å²) in [5.41, 5.74) is 1.30. The molecule has 0 aliphatic rings. The van der Waals surface area contributed by atoms with Gasteiger partial charge in [-0.15, -0.1) is 0 Å². The number of rotatable bonds is 6. The molecular weight excluding hydrogens is 212 g/mol. The number of nitrogens with zero attached hydrogens (tertiary/aromatic N) is 1. The molecule has 3 nitrogen and oxygen atoms in total. The van der Waals surface area contributed by atoms with Crippen LogP contribution in [0.25, 0.3) is 0 Å². The van der Waals surface area contributed by atoms with E-state index in [0.29, 0.717) is 12.6 Å². The first-order valence-corrected chi connectivity index (χ1v) is 6.14. The topological polar surface area (TPSA) is 32.3 Å². The van der Waals surface area contributed by atoms with Crippen LogP contribution in [0.3, 0.4) is 0 Å². The minimum atomic E-state index is 0.146. The van der Waals surface area contributed by atoms with E-state index in [1.165, 1.54) is 5.56 Å². The molecule has 17 heavy (non-hydrogen) atoms. The smallest absolute Gasteiger partial charge is 0.236 e. The van der Waals surface area contributed by atoms with Gasteiger partial charge in [-0.3, -0.25) is 4.79 Å². The molecule has 1 aromatic carbocycles. The van der Waals surface area contributed by atoms with Crippen LogP contribution in [0.5, 0.6) is 0 Å². The largest absolute Gasteiger partial charge is 0.345 e. The molecule has 0 radical (unpaired) electrons. The number of hydrogen-bond donors (Lipinski definition) is 1. The van der Waals surface area contributed by atoms with Crippen LogP contribution in [0.2, 0.25) is 0 Å². The molecule has 0 saturated heterocycles. The Bertz CT molecular complexity index is 337. The molecular formula is C14H22N2O. The number of carbonyl (C=O) groups is 1. The van der Waals surface area contributed by atoms with Gasteiger partial charge in [0.2, 0.25) is 5.91 Å². The van der Waals surface area contributed by atoms with Crippen LogP contribution in [0.4, 0.5) is 0 Å². The first-order valence-electron chi connectivity index (χ1n) is 6.14. The standard InChI is InChI=1S/C14H22N2O/c1-4-16(3)14(17)11-15-12(2)10-13-8-6-5-7-9-13/h5-9,12,15H,4,10-11H2,1-3H3. The Hall–Kier alpha value is -1.35. The highest BCUT2D eigenvalue weighted by Crippen LogP contribution is 2.02. The van der Waals surface area contributed by atoms with Crippen molar-refractivity contribution in [3.8, 4) is 0 Å². The maximum absolute atomic E-state index is 11.6. The average molecular weight is 234 g/mol. The van der Waals surface area contributed by atoms with Gasteiger partial charge in [0.1, 0.15) is 0 Å². The molecule has 3 heteroatoms. The van der Waals surface area contributed by atoms with E-state index in [-0.39, 0.29) is 5.91 Å². The van der Waals surface area contributed by atoms with Crippen molar-refractivity contribution in [1.29, 1.82) is 0 Å². The SMILES string of the molecule is CCN(C)C(=O)CNC(C)Cc1ccccc1. The number of carbonyl (C=O) groups excluding carboxylic acids is 1. The van der Waals surface area contributed by atoms with E-state index in [1.54, 1.807) is 4.90 Å². The third-order valence-electron chi connectivity index (χ3n) is 2.89. The van der Waals surface area contributed by atoms with Crippen molar-refractivity contribution in [3.05, 3.63) is 35.9 Å². The molecule has 1 unspecified atom stereocenters. The van der Waals surface area contributed by atoms with E-state index in [9.17, 15) is 4.79 Å². The monoisotopic (exact) mass is 234 g/mol. The maximum Gasteiger partial charge on any atom is 0.236 e. The van der Waals surface area contributed by atoms with E-state index < -0.39 is 0 Å². The lowest BCUT2D eigenvalue weighted by Crippen LogP contribution is -2.39. The van der Waals surface area contributed by atoms with E-state index in [4.69, 9.17) is 0 Å². The van der Waals surface area contributed by atoms with Crippen molar-refractivity contribution in [2.75, 3.05) is 20.1 Å². The van der Waals surface area contributed by atoms with Gasteiger partial charge in [-0.05, 0) is 25.8 Å². The Morgan fingerprint density at radius 3 is 2.59 bits per heavy atom. The fourth-order valence-corrected chi connectivity index (χ4v) is 1.61. The van der Waals surface area contributed by atoms with Gasteiger partial charge in [-0.1, -0.05) is 30.3 Å². The van der Waals surface area contributed by atoms with Gasteiger partial charge in [0.25, 0.3) is 0 Å². The van der Waals surface area contributed by atoms with Gasteiger partial charge in [-0.2, -0.15) is 0 Å². The number of benzene rings is 1. The molecule has 1 N–H and O–H groups in total. The third kappa shape index (κ3) is 5.00. The van der Waals surface area contributed by atoms with E-state index >= 15 is 0 Å². The zero-order valence-electron chi connectivity index (χ0n) is 10.9. The van der Waals surface area contributed by atoms with Crippen molar-refractivity contribution in [3.63, 3.8) is 0 Å². The molecule has 0 fully saturated rings. The van der Waals surface area contributed by atoms with Crippen molar-refractivity contribution < 1.29 is 4.79 Å². The fourth-order valence-electron chi connectivity index (χ4n) is 1.61. The predicted molar refractivity (Wildman–Crippen MR) is 70.9 cm³/mol. The quantitative estimate of drug-likeness (QED) is 0.812. The first-order chi connectivity index (χ1) is 8.13. The molecule has 0 aliphatic heterocycles. The van der Waals surface area contributed by atoms with Crippen LogP contribution in [0, 0.1) is 0 Å². The lowest BCUT2D eigenvalue weighted by Gasteiger charge is -2.18. The normalized spacial score (nSPS) is 12.2. The van der Waals surface area contributed by atoms with Crippen LogP contribution in [-0.2, 0) is 11.2 Å². The summed E-state index contributed by atoms with van der Waals surface area (Å²) in [5, 5.41) is 3.25. The van der Waals surface area contributed by atoms with Gasteiger partial charge < -0.3 is 10.2 Å². The highest BCUT2D eigenvalue weighted by Gasteiger charge is 2.08. The maximum atomic E-state index is 11.6. The summed E-state index contributed by atoms with van der Waals surface area (Å²) in [6, 6.07) is 10.6. The van der Waals surface area contributed by atoms with Crippen LogP contribution in [0.15, 0.2) is 30.3 Å². The zero-order valence-corrected chi connectivity index (χ0v) is 10.9. The molecule has 0 aliphatic carbocycles. The molecule has 1 aromatic rings. The minimum absolute atomic E-state index is 0.146. The van der Waals surface area contributed by atoms with Crippen molar-refractivity contribution in [2.24, 2.45) is 0 Å². The highest BCUT2D eigenvalue weighted by atomic mass is 16.2. The number of amides is 1. The Balaban J connectivity index is 2.31. The summed E-state index contributed by atoms with van der Waals surface area (Å²) < 4.78 is 0. The summed E-state index contributed by atoms with van der Waals surface area (Å²) in [6.45, 7) is 5.25. The number of nitrogens with one attached hydrogen (secondary N) is 1. The number of hydrogen-bond acceptors (Lipinski definition) is 2. The van der Waals surface area contributed by atoms with Crippen molar-refractivity contribution in [2.45, 2.75) is 26.3 Å². The van der Waals surface area contributed by atoms with E-state index in [2.05, 4.69) is 24.4 Å². The molecule has 1 amide bonds.